The minimum Gasteiger partial charge on any atom is -0.394 e. The summed E-state index contributed by atoms with van der Waals surface area (Å²) in [6, 6.07) is -0.887. The van der Waals surface area contributed by atoms with Gasteiger partial charge in [0.15, 0.2) is 18.9 Å². The molecule has 12 N–H and O–H groups in total. The lowest BCUT2D eigenvalue weighted by atomic mass is 9.96. The summed E-state index contributed by atoms with van der Waals surface area (Å²) in [6.45, 7) is 1.85. The fourth-order valence-electron chi connectivity index (χ4n) is 15.2. The number of ether oxygens (including phenoxy) is 6. The third kappa shape index (κ3) is 46.3. The first-order valence-corrected chi connectivity index (χ1v) is 44.2. The molecule has 3 rings (SSSR count). The quantitative estimate of drug-likeness (QED) is 0.0199. The van der Waals surface area contributed by atoms with Gasteiger partial charge in [0, 0.05) is 6.42 Å². The second-order valence-corrected chi connectivity index (χ2v) is 31.7. The molecule has 17 unspecified atom stereocenters. The molecular weight excluding hydrogens is 1350 g/mol. The molecule has 0 spiro atoms. The normalized spacial score (nSPS) is 25.8. The number of carbonyl (C=O) groups is 1. The number of unbranched alkanes of at least 4 members (excludes halogenated alkanes) is 50. The van der Waals surface area contributed by atoms with Crippen LogP contribution >= 0.6 is 0 Å². The number of hydrogen-bond acceptors (Lipinski definition) is 18. The van der Waals surface area contributed by atoms with Gasteiger partial charge in [0.25, 0.3) is 0 Å². The molecule has 0 aliphatic carbocycles. The van der Waals surface area contributed by atoms with Crippen LogP contribution in [0.4, 0.5) is 0 Å². The Kier molecular flexibility index (Phi) is 62.5. The number of hydrogen-bond donors (Lipinski definition) is 12. The number of aliphatic hydroxyl groups excluding tert-OH is 11. The van der Waals surface area contributed by atoms with Crippen LogP contribution in [-0.4, -0.2) is 193 Å². The first-order chi connectivity index (χ1) is 51.8. The van der Waals surface area contributed by atoms with Crippen molar-refractivity contribution >= 4 is 5.91 Å². The highest BCUT2D eigenvalue weighted by Crippen LogP contribution is 2.34. The van der Waals surface area contributed by atoms with Crippen molar-refractivity contribution in [2.24, 2.45) is 0 Å². The molecule has 19 nitrogen and oxygen atoms in total. The van der Waals surface area contributed by atoms with Crippen LogP contribution < -0.4 is 5.32 Å². The maximum atomic E-state index is 13.5. The molecule has 19 heteroatoms. The molecule has 0 radical (unpaired) electrons. The second-order valence-electron chi connectivity index (χ2n) is 31.7. The minimum atomic E-state index is -1.97. The molecule has 0 aromatic heterocycles. The average molecular weight is 1510 g/mol. The van der Waals surface area contributed by atoms with Crippen LogP contribution in [0.5, 0.6) is 0 Å². The fourth-order valence-corrected chi connectivity index (χ4v) is 15.2. The number of nitrogens with one attached hydrogen (secondary N) is 1. The smallest absolute Gasteiger partial charge is 0.220 e. The summed E-state index contributed by atoms with van der Waals surface area (Å²) in [4.78, 5) is 13.5. The molecule has 624 valence electrons. The summed E-state index contributed by atoms with van der Waals surface area (Å²) >= 11 is 0. The zero-order valence-electron chi connectivity index (χ0n) is 67.2. The van der Waals surface area contributed by atoms with Gasteiger partial charge >= 0.3 is 0 Å². The van der Waals surface area contributed by atoms with Gasteiger partial charge in [-0.2, -0.15) is 0 Å². The van der Waals surface area contributed by atoms with Gasteiger partial charge in [-0.15, -0.1) is 0 Å². The van der Waals surface area contributed by atoms with Gasteiger partial charge in [-0.3, -0.25) is 4.79 Å². The van der Waals surface area contributed by atoms with Crippen molar-refractivity contribution in [2.75, 3.05) is 26.4 Å². The highest BCUT2D eigenvalue weighted by Gasteiger charge is 2.54. The first kappa shape index (κ1) is 98.2. The van der Waals surface area contributed by atoms with Crippen LogP contribution in [0, 0.1) is 0 Å². The van der Waals surface area contributed by atoms with Gasteiger partial charge in [0.05, 0.1) is 38.6 Å². The minimum absolute atomic E-state index is 0.234. The van der Waals surface area contributed by atoms with Crippen LogP contribution in [-0.2, 0) is 33.2 Å². The Hall–Kier alpha value is -1.99. The van der Waals surface area contributed by atoms with Gasteiger partial charge in [-0.25, -0.2) is 0 Å². The lowest BCUT2D eigenvalue weighted by molar-refractivity contribution is -0.379. The van der Waals surface area contributed by atoms with E-state index in [2.05, 4.69) is 55.6 Å². The van der Waals surface area contributed by atoms with Crippen LogP contribution in [0.3, 0.4) is 0 Å². The zero-order valence-corrected chi connectivity index (χ0v) is 67.2. The van der Waals surface area contributed by atoms with Gasteiger partial charge < -0.3 is 89.9 Å². The fraction of sp³-hybridized carbons (Fsp3) is 0.920. The molecule has 3 aliphatic rings. The Morgan fingerprint density at radius 3 is 0.972 bits per heavy atom. The summed E-state index contributed by atoms with van der Waals surface area (Å²) in [6.07, 6.45) is 58.2. The second kappa shape index (κ2) is 67.5. The number of rotatable bonds is 72. The monoisotopic (exact) mass is 1510 g/mol. The third-order valence-electron chi connectivity index (χ3n) is 22.2. The summed E-state index contributed by atoms with van der Waals surface area (Å²) in [5, 5.41) is 121. The van der Waals surface area contributed by atoms with E-state index in [1.54, 1.807) is 0 Å². The molecule has 1 amide bonds. The standard InChI is InChI=1S/C87H163NO18/c1-3-5-7-9-11-13-15-17-19-21-23-25-27-29-30-31-32-33-34-35-36-37-38-39-40-41-43-45-47-49-51-53-55-57-59-61-63-65-75(93)88-70(71(92)64-62-60-58-56-54-52-50-48-46-44-42-28-26-24-22-20-18-16-14-12-10-8-6-4-2)69-101-85-81(99)78(96)83(73(67-90)103-85)106-87-82(100)79(97)84(74(68-91)104-87)105-86-80(98)77(95)76(94)72(66-89)102-86/h15,17,21,23,27,29,70-74,76-87,89-92,94-100H,3-14,16,18-20,22,24-26,28,30-69H2,1-2H3,(H,88,93)/b17-15-,23-21-,29-27-. The Morgan fingerprint density at radius 1 is 0.340 bits per heavy atom. The molecule has 0 saturated carbocycles. The number of aliphatic hydroxyl groups is 11. The molecule has 0 aromatic rings. The molecule has 3 aliphatic heterocycles. The van der Waals surface area contributed by atoms with Crippen LogP contribution in [0.1, 0.15) is 380 Å². The van der Waals surface area contributed by atoms with Crippen molar-refractivity contribution in [2.45, 2.75) is 484 Å². The molecule has 3 heterocycles. The number of amides is 1. The van der Waals surface area contributed by atoms with Crippen LogP contribution in [0.15, 0.2) is 36.5 Å². The van der Waals surface area contributed by atoms with Crippen molar-refractivity contribution in [3.05, 3.63) is 36.5 Å². The van der Waals surface area contributed by atoms with E-state index < -0.39 is 124 Å². The van der Waals surface area contributed by atoms with Crippen molar-refractivity contribution in [3.63, 3.8) is 0 Å². The molecule has 106 heavy (non-hydrogen) atoms. The van der Waals surface area contributed by atoms with Crippen molar-refractivity contribution in [3.8, 4) is 0 Å². The summed E-state index contributed by atoms with van der Waals surface area (Å²) in [5.41, 5.74) is 0. The summed E-state index contributed by atoms with van der Waals surface area (Å²) < 4.78 is 34.6. The molecule has 3 saturated heterocycles. The largest absolute Gasteiger partial charge is 0.394 e. The predicted molar refractivity (Wildman–Crippen MR) is 425 cm³/mol. The maximum absolute atomic E-state index is 13.5. The Balaban J connectivity index is 1.31. The molecule has 0 aromatic carbocycles. The Morgan fingerprint density at radius 2 is 0.623 bits per heavy atom. The lowest BCUT2D eigenvalue weighted by Crippen LogP contribution is -2.66. The van der Waals surface area contributed by atoms with E-state index in [0.717, 1.165) is 57.8 Å². The van der Waals surface area contributed by atoms with Gasteiger partial charge in [0.2, 0.25) is 5.91 Å². The van der Waals surface area contributed by atoms with Gasteiger partial charge in [0.1, 0.15) is 73.2 Å². The molecule has 3 fully saturated rings. The molecular formula is C87H163NO18. The van der Waals surface area contributed by atoms with Crippen LogP contribution in [0.25, 0.3) is 0 Å². The average Bonchev–Trinajstić information content (AvgIpc) is 0.780. The van der Waals surface area contributed by atoms with E-state index in [9.17, 15) is 61.0 Å². The molecule has 0 bridgehead atoms. The topological polar surface area (TPSA) is 307 Å². The van der Waals surface area contributed by atoms with Gasteiger partial charge in [-0.1, -0.05) is 359 Å². The SMILES string of the molecule is CCCCCCC/C=C\C/C=C\C/C=C\CCCCCCCCCCCCCCCCCCCCCCCCC(=O)NC(COC1OC(CO)C(OC2OC(CO)C(OC3OC(CO)C(O)C(O)C3O)C(O)C2O)C(O)C1O)C(O)CCCCCCCCCCCCCCCCCCCCCCCCCC. The van der Waals surface area contributed by atoms with Gasteiger partial charge in [-0.05, 0) is 51.4 Å². The van der Waals surface area contributed by atoms with E-state index in [4.69, 9.17) is 28.4 Å². The molecule has 17 atom stereocenters. The lowest BCUT2D eigenvalue weighted by Gasteiger charge is -2.48. The summed E-state index contributed by atoms with van der Waals surface area (Å²) in [7, 11) is 0. The van der Waals surface area contributed by atoms with Crippen LogP contribution in [0.2, 0.25) is 0 Å². The van der Waals surface area contributed by atoms with E-state index in [1.807, 2.05) is 0 Å². The highest BCUT2D eigenvalue weighted by molar-refractivity contribution is 5.76. The Labute approximate surface area is 644 Å². The third-order valence-corrected chi connectivity index (χ3v) is 22.2. The van der Waals surface area contributed by atoms with Crippen molar-refractivity contribution in [1.29, 1.82) is 0 Å². The number of carbonyl (C=O) groups excluding carboxylic acids is 1. The zero-order chi connectivity index (χ0) is 76.7. The van der Waals surface area contributed by atoms with Crippen molar-refractivity contribution < 1.29 is 89.4 Å². The van der Waals surface area contributed by atoms with E-state index in [1.165, 1.54) is 289 Å². The van der Waals surface area contributed by atoms with E-state index >= 15 is 0 Å². The van der Waals surface area contributed by atoms with E-state index in [-0.39, 0.29) is 18.9 Å². The Bertz CT molecular complexity index is 2050. The first-order valence-electron chi connectivity index (χ1n) is 44.2. The van der Waals surface area contributed by atoms with Crippen molar-refractivity contribution in [1.82, 2.24) is 5.32 Å². The number of allylic oxidation sites excluding steroid dienone is 6. The predicted octanol–water partition coefficient (Wildman–Crippen LogP) is 16.2. The highest BCUT2D eigenvalue weighted by atomic mass is 16.8. The van der Waals surface area contributed by atoms with E-state index in [0.29, 0.717) is 12.8 Å². The maximum Gasteiger partial charge on any atom is 0.220 e. The summed E-state index contributed by atoms with van der Waals surface area (Å²) in [5.74, 6) is -0.234.